The molecule has 0 aliphatic carbocycles. The normalized spacial score (nSPS) is 10.4. The number of hydrogen-bond acceptors (Lipinski definition) is 8. The van der Waals surface area contributed by atoms with Crippen LogP contribution < -0.4 is 19.5 Å². The van der Waals surface area contributed by atoms with E-state index in [1.54, 1.807) is 63.8 Å². The molecular weight excluding hydrogens is 382 g/mol. The van der Waals surface area contributed by atoms with E-state index in [1.165, 1.54) is 16.4 Å². The number of nitrogens with zero attached hydrogens (tertiary/aromatic N) is 4. The van der Waals surface area contributed by atoms with Crippen LogP contribution >= 0.6 is 11.8 Å². The van der Waals surface area contributed by atoms with Crippen molar-refractivity contribution in [1.82, 2.24) is 20.2 Å². The predicted molar refractivity (Wildman–Crippen MR) is 105 cm³/mol. The Labute approximate surface area is 166 Å². The highest BCUT2D eigenvalue weighted by molar-refractivity contribution is 7.99. The van der Waals surface area contributed by atoms with Crippen molar-refractivity contribution in [2.24, 2.45) is 0 Å². The molecule has 1 aromatic heterocycles. The van der Waals surface area contributed by atoms with Gasteiger partial charge in [-0.15, -0.1) is 5.10 Å². The van der Waals surface area contributed by atoms with Crippen LogP contribution in [0.4, 0.5) is 5.69 Å². The summed E-state index contributed by atoms with van der Waals surface area (Å²) in [6.45, 7) is 0. The number of methoxy groups -OCH3 is 3. The van der Waals surface area contributed by atoms with E-state index >= 15 is 0 Å². The summed E-state index contributed by atoms with van der Waals surface area (Å²) in [5, 5.41) is 15.0. The molecule has 0 aliphatic rings. The molecule has 0 bridgehead atoms. The standard InChI is InChI=1S/C18H19N5O4S/c1-25-13-6-4-12(5-7-13)19-17(24)11-28-18-20-21-22-23(18)15-10-14(26-2)8-9-16(15)27-3/h4-10H,11H2,1-3H3,(H,19,24). The molecule has 28 heavy (non-hydrogen) atoms. The van der Waals surface area contributed by atoms with E-state index in [1.807, 2.05) is 0 Å². The molecule has 1 heterocycles. The molecule has 3 rings (SSSR count). The van der Waals surface area contributed by atoms with Crippen LogP contribution in [0, 0.1) is 0 Å². The van der Waals surface area contributed by atoms with Crippen LogP contribution in [-0.4, -0.2) is 53.2 Å². The van der Waals surface area contributed by atoms with Gasteiger partial charge in [0.25, 0.3) is 0 Å². The van der Waals surface area contributed by atoms with Gasteiger partial charge in [-0.1, -0.05) is 11.8 Å². The Morgan fingerprint density at radius 1 is 1.04 bits per heavy atom. The molecular formula is C18H19N5O4S. The molecule has 0 radical (unpaired) electrons. The lowest BCUT2D eigenvalue weighted by atomic mass is 10.3. The molecule has 1 amide bonds. The summed E-state index contributed by atoms with van der Waals surface area (Å²) < 4.78 is 17.2. The number of ether oxygens (including phenoxy) is 3. The Balaban J connectivity index is 1.70. The van der Waals surface area contributed by atoms with Crippen LogP contribution in [0.5, 0.6) is 17.2 Å². The summed E-state index contributed by atoms with van der Waals surface area (Å²) in [5.74, 6) is 1.90. The molecule has 0 fully saturated rings. The van der Waals surface area contributed by atoms with Crippen LogP contribution in [0.2, 0.25) is 0 Å². The number of aromatic nitrogens is 4. The Morgan fingerprint density at radius 3 is 2.43 bits per heavy atom. The minimum atomic E-state index is -0.178. The van der Waals surface area contributed by atoms with Gasteiger partial charge in [-0.25, -0.2) is 0 Å². The van der Waals surface area contributed by atoms with E-state index < -0.39 is 0 Å². The molecule has 9 nitrogen and oxygen atoms in total. The van der Waals surface area contributed by atoms with Gasteiger partial charge in [0.2, 0.25) is 11.1 Å². The number of nitrogens with one attached hydrogen (secondary N) is 1. The van der Waals surface area contributed by atoms with Gasteiger partial charge in [-0.2, -0.15) is 4.68 Å². The smallest absolute Gasteiger partial charge is 0.234 e. The third kappa shape index (κ3) is 4.52. The van der Waals surface area contributed by atoms with Crippen LogP contribution in [0.25, 0.3) is 5.69 Å². The first-order valence-electron chi connectivity index (χ1n) is 8.22. The van der Waals surface area contributed by atoms with Crippen molar-refractivity contribution >= 4 is 23.4 Å². The average Bonchev–Trinajstić information content (AvgIpc) is 3.20. The number of hydrogen-bond donors (Lipinski definition) is 1. The van der Waals surface area contributed by atoms with Crippen molar-refractivity contribution in [3.8, 4) is 22.9 Å². The lowest BCUT2D eigenvalue weighted by Crippen LogP contribution is -2.14. The van der Waals surface area contributed by atoms with Gasteiger partial charge in [0.15, 0.2) is 0 Å². The van der Waals surface area contributed by atoms with Crippen molar-refractivity contribution in [1.29, 1.82) is 0 Å². The number of rotatable bonds is 8. The molecule has 0 aliphatic heterocycles. The van der Waals surface area contributed by atoms with E-state index in [-0.39, 0.29) is 11.7 Å². The lowest BCUT2D eigenvalue weighted by molar-refractivity contribution is -0.113. The molecule has 0 spiro atoms. The Kier molecular flexibility index (Phi) is 6.33. The first-order chi connectivity index (χ1) is 13.6. The number of thioether (sulfide) groups is 1. The topological polar surface area (TPSA) is 100 Å². The Morgan fingerprint density at radius 2 is 1.75 bits per heavy atom. The van der Waals surface area contributed by atoms with Crippen LogP contribution in [-0.2, 0) is 4.79 Å². The maximum atomic E-state index is 12.2. The van der Waals surface area contributed by atoms with Gasteiger partial charge < -0.3 is 19.5 Å². The van der Waals surface area contributed by atoms with E-state index in [2.05, 4.69) is 20.8 Å². The summed E-state index contributed by atoms with van der Waals surface area (Å²) in [4.78, 5) is 12.2. The van der Waals surface area contributed by atoms with Gasteiger partial charge in [0.1, 0.15) is 22.9 Å². The monoisotopic (exact) mass is 401 g/mol. The van der Waals surface area contributed by atoms with Crippen molar-refractivity contribution < 1.29 is 19.0 Å². The molecule has 0 atom stereocenters. The molecule has 1 N–H and O–H groups in total. The molecule has 0 saturated carbocycles. The summed E-state index contributed by atoms with van der Waals surface area (Å²) in [5.41, 5.74) is 1.30. The van der Waals surface area contributed by atoms with Gasteiger partial charge in [0, 0.05) is 11.8 Å². The summed E-state index contributed by atoms with van der Waals surface area (Å²) >= 11 is 1.21. The zero-order valence-electron chi connectivity index (χ0n) is 15.6. The van der Waals surface area contributed by atoms with E-state index in [0.29, 0.717) is 28.0 Å². The second-order valence-electron chi connectivity index (χ2n) is 5.48. The number of tetrazole rings is 1. The van der Waals surface area contributed by atoms with Crippen molar-refractivity contribution in [3.63, 3.8) is 0 Å². The van der Waals surface area contributed by atoms with Gasteiger partial charge in [-0.3, -0.25) is 4.79 Å². The second kappa shape index (κ2) is 9.09. The summed E-state index contributed by atoms with van der Waals surface area (Å²) in [7, 11) is 4.72. The van der Waals surface area contributed by atoms with Crippen LogP contribution in [0.15, 0.2) is 47.6 Å². The van der Waals surface area contributed by atoms with Crippen LogP contribution in [0.3, 0.4) is 0 Å². The van der Waals surface area contributed by atoms with Crippen molar-refractivity contribution in [3.05, 3.63) is 42.5 Å². The number of anilines is 1. The molecule has 146 valence electrons. The highest BCUT2D eigenvalue weighted by Gasteiger charge is 2.16. The maximum absolute atomic E-state index is 12.2. The van der Waals surface area contributed by atoms with E-state index in [4.69, 9.17) is 14.2 Å². The van der Waals surface area contributed by atoms with Gasteiger partial charge in [0.05, 0.1) is 27.1 Å². The molecule has 2 aromatic carbocycles. The number of carbonyl (C=O) groups excluding carboxylic acids is 1. The zero-order chi connectivity index (χ0) is 19.9. The van der Waals surface area contributed by atoms with Gasteiger partial charge in [-0.05, 0) is 46.8 Å². The van der Waals surface area contributed by atoms with Crippen molar-refractivity contribution in [2.45, 2.75) is 5.16 Å². The maximum Gasteiger partial charge on any atom is 0.234 e. The highest BCUT2D eigenvalue weighted by atomic mass is 32.2. The van der Waals surface area contributed by atoms with Crippen molar-refractivity contribution in [2.75, 3.05) is 32.4 Å². The Hall–Kier alpha value is -3.27. The van der Waals surface area contributed by atoms with Crippen LogP contribution in [0.1, 0.15) is 0 Å². The number of amides is 1. The average molecular weight is 401 g/mol. The fourth-order valence-electron chi connectivity index (χ4n) is 2.38. The molecule has 10 heteroatoms. The minimum absolute atomic E-state index is 0.138. The molecule has 0 unspecified atom stereocenters. The van der Waals surface area contributed by atoms with E-state index in [9.17, 15) is 4.79 Å². The largest absolute Gasteiger partial charge is 0.497 e. The lowest BCUT2D eigenvalue weighted by Gasteiger charge is -2.11. The quantitative estimate of drug-likeness (QED) is 0.575. The number of benzene rings is 2. The fraction of sp³-hybridized carbons (Fsp3) is 0.222. The first-order valence-corrected chi connectivity index (χ1v) is 9.20. The molecule has 3 aromatic rings. The Bertz CT molecular complexity index is 945. The number of carbonyl (C=O) groups is 1. The third-order valence-electron chi connectivity index (χ3n) is 3.76. The first kappa shape index (κ1) is 19.5. The second-order valence-corrected chi connectivity index (χ2v) is 6.42. The highest BCUT2D eigenvalue weighted by Crippen LogP contribution is 2.29. The van der Waals surface area contributed by atoms with Gasteiger partial charge >= 0.3 is 0 Å². The fourth-order valence-corrected chi connectivity index (χ4v) is 3.07. The zero-order valence-corrected chi connectivity index (χ0v) is 16.4. The third-order valence-corrected chi connectivity index (χ3v) is 4.68. The summed E-state index contributed by atoms with van der Waals surface area (Å²) in [6.07, 6.45) is 0. The summed E-state index contributed by atoms with van der Waals surface area (Å²) in [6, 6.07) is 12.4. The molecule has 0 saturated heterocycles. The minimum Gasteiger partial charge on any atom is -0.497 e. The predicted octanol–water partition coefficient (Wildman–Crippen LogP) is 2.42. The SMILES string of the molecule is COc1ccc(NC(=O)CSc2nnnn2-c2cc(OC)ccc2OC)cc1. The van der Waals surface area contributed by atoms with E-state index in [0.717, 1.165) is 5.75 Å².